The number of pyridine rings is 1. The summed E-state index contributed by atoms with van der Waals surface area (Å²) in [5.74, 6) is 1.01. The highest BCUT2D eigenvalue weighted by Gasteiger charge is 2.26. The Morgan fingerprint density at radius 2 is 1.77 bits per heavy atom. The second-order valence-corrected chi connectivity index (χ2v) is 7.71. The molecule has 1 aliphatic heterocycles. The van der Waals surface area contributed by atoms with Crippen LogP contribution in [0, 0.1) is 0 Å². The molecule has 1 fully saturated rings. The zero-order valence-electron chi connectivity index (χ0n) is 17.4. The number of nitrogens with zero attached hydrogens (tertiary/aromatic N) is 3. The first-order valence-corrected chi connectivity index (χ1v) is 10.6. The number of fused-ring (bicyclic) bond motifs is 1. The predicted molar refractivity (Wildman–Crippen MR) is 123 cm³/mol. The molecule has 6 heteroatoms. The molecule has 0 spiro atoms. The van der Waals surface area contributed by atoms with Crippen LogP contribution in [0.25, 0.3) is 10.9 Å². The number of benzene rings is 2. The number of aromatic nitrogens is 1. The van der Waals surface area contributed by atoms with Crippen LogP contribution >= 0.6 is 0 Å². The van der Waals surface area contributed by atoms with Gasteiger partial charge in [-0.3, -0.25) is 4.79 Å². The summed E-state index contributed by atoms with van der Waals surface area (Å²) in [6, 6.07) is 20.2. The van der Waals surface area contributed by atoms with Gasteiger partial charge in [0.05, 0.1) is 11.4 Å². The molecule has 0 bridgehead atoms. The molecule has 1 amide bonds. The van der Waals surface area contributed by atoms with Crippen LogP contribution in [0.4, 0.5) is 11.5 Å². The van der Waals surface area contributed by atoms with Gasteiger partial charge < -0.3 is 20.9 Å². The number of rotatable bonds is 6. The van der Waals surface area contributed by atoms with Gasteiger partial charge in [-0.1, -0.05) is 48.5 Å². The van der Waals surface area contributed by atoms with Crippen LogP contribution in [-0.4, -0.2) is 55.1 Å². The lowest BCUT2D eigenvalue weighted by Gasteiger charge is -2.37. The number of carbonyl (C=O) groups is 1. The summed E-state index contributed by atoms with van der Waals surface area (Å²) in [5, 5.41) is 4.52. The molecule has 2 aromatic carbocycles. The maximum Gasteiger partial charge on any atom is 0.229 e. The van der Waals surface area contributed by atoms with Crippen molar-refractivity contribution < 1.29 is 4.79 Å². The van der Waals surface area contributed by atoms with Crippen molar-refractivity contribution in [2.75, 3.05) is 49.5 Å². The summed E-state index contributed by atoms with van der Waals surface area (Å²) in [6.07, 6.45) is 0. The molecular formula is C24H29N5O. The average Bonchev–Trinajstić information content (AvgIpc) is 2.82. The van der Waals surface area contributed by atoms with E-state index in [9.17, 15) is 4.79 Å². The van der Waals surface area contributed by atoms with Crippen molar-refractivity contribution >= 4 is 28.3 Å². The van der Waals surface area contributed by atoms with E-state index in [4.69, 9.17) is 10.7 Å². The van der Waals surface area contributed by atoms with E-state index < -0.39 is 0 Å². The molecule has 0 aliphatic carbocycles. The van der Waals surface area contributed by atoms with Crippen molar-refractivity contribution in [2.45, 2.75) is 12.8 Å². The van der Waals surface area contributed by atoms with Crippen molar-refractivity contribution in [3.63, 3.8) is 0 Å². The number of anilines is 2. The molecule has 1 saturated heterocycles. The van der Waals surface area contributed by atoms with Gasteiger partial charge in [-0.2, -0.15) is 0 Å². The van der Waals surface area contributed by atoms with Gasteiger partial charge in [0, 0.05) is 56.4 Å². The van der Waals surface area contributed by atoms with Crippen LogP contribution in [0.5, 0.6) is 0 Å². The Morgan fingerprint density at radius 1 is 1.07 bits per heavy atom. The number of nitrogens with one attached hydrogen (secondary N) is 1. The first-order chi connectivity index (χ1) is 14.7. The third kappa shape index (κ3) is 4.24. The second-order valence-electron chi connectivity index (χ2n) is 7.71. The lowest BCUT2D eigenvalue weighted by atomic mass is 9.99. The van der Waals surface area contributed by atoms with Gasteiger partial charge in [-0.15, -0.1) is 0 Å². The molecule has 1 aliphatic rings. The molecule has 1 unspecified atom stereocenters. The van der Waals surface area contributed by atoms with E-state index in [0.29, 0.717) is 26.2 Å². The molecule has 2 heterocycles. The van der Waals surface area contributed by atoms with Crippen LogP contribution < -0.4 is 16.0 Å². The van der Waals surface area contributed by atoms with E-state index in [1.807, 2.05) is 60.4 Å². The van der Waals surface area contributed by atoms with E-state index in [1.165, 1.54) is 0 Å². The number of hydrogen-bond donors (Lipinski definition) is 2. The van der Waals surface area contributed by atoms with E-state index >= 15 is 0 Å². The molecule has 0 saturated carbocycles. The Balaban J connectivity index is 1.47. The normalized spacial score (nSPS) is 15.3. The summed E-state index contributed by atoms with van der Waals surface area (Å²) in [7, 11) is 0. The zero-order valence-corrected chi connectivity index (χ0v) is 17.4. The van der Waals surface area contributed by atoms with Crippen molar-refractivity contribution in [1.82, 2.24) is 9.88 Å². The van der Waals surface area contributed by atoms with Crippen molar-refractivity contribution in [3.05, 3.63) is 66.2 Å². The molecule has 6 nitrogen and oxygen atoms in total. The van der Waals surface area contributed by atoms with Crippen LogP contribution in [-0.2, 0) is 4.79 Å². The average molecular weight is 404 g/mol. The number of piperazine rings is 1. The fraction of sp³-hybridized carbons (Fsp3) is 0.333. The lowest BCUT2D eigenvalue weighted by Crippen LogP contribution is -2.50. The minimum Gasteiger partial charge on any atom is -0.383 e. The van der Waals surface area contributed by atoms with Gasteiger partial charge in [0.1, 0.15) is 5.82 Å². The molecule has 1 aromatic heterocycles. The van der Waals surface area contributed by atoms with Crippen molar-refractivity contribution in [3.8, 4) is 0 Å². The minimum absolute atomic E-state index is 0.122. The van der Waals surface area contributed by atoms with Gasteiger partial charge in [0.25, 0.3) is 0 Å². The number of nitrogens with two attached hydrogens (primary N) is 1. The number of hydrogen-bond acceptors (Lipinski definition) is 5. The Morgan fingerprint density at radius 3 is 2.50 bits per heavy atom. The van der Waals surface area contributed by atoms with E-state index in [1.54, 1.807) is 0 Å². The number of para-hydroxylation sites is 1. The molecule has 4 rings (SSSR count). The van der Waals surface area contributed by atoms with Gasteiger partial charge in [0.15, 0.2) is 0 Å². The van der Waals surface area contributed by atoms with Crippen LogP contribution in [0.15, 0.2) is 60.7 Å². The van der Waals surface area contributed by atoms with E-state index in [-0.39, 0.29) is 11.8 Å². The topological polar surface area (TPSA) is 74.5 Å². The van der Waals surface area contributed by atoms with Gasteiger partial charge >= 0.3 is 0 Å². The standard InChI is InChI=1S/C24H29N5O/c1-18(19-7-3-2-4-8-19)24(30)29-15-13-28(14-16-29)23-17-22(26-12-11-25)20-9-5-6-10-21(20)27-23/h2-10,17-18H,11-16,25H2,1H3,(H,26,27). The van der Waals surface area contributed by atoms with Crippen molar-refractivity contribution in [2.24, 2.45) is 5.73 Å². The maximum absolute atomic E-state index is 13.0. The monoisotopic (exact) mass is 403 g/mol. The quantitative estimate of drug-likeness (QED) is 0.662. The summed E-state index contributed by atoms with van der Waals surface area (Å²) >= 11 is 0. The summed E-state index contributed by atoms with van der Waals surface area (Å²) in [5.41, 5.74) is 8.77. The Bertz CT molecular complexity index is 999. The molecular weight excluding hydrogens is 374 g/mol. The van der Waals surface area contributed by atoms with Crippen LogP contribution in [0.3, 0.4) is 0 Å². The van der Waals surface area contributed by atoms with Crippen molar-refractivity contribution in [1.29, 1.82) is 0 Å². The predicted octanol–water partition coefficient (Wildman–Crippen LogP) is 3.06. The van der Waals surface area contributed by atoms with E-state index in [0.717, 1.165) is 41.1 Å². The molecule has 1 atom stereocenters. The largest absolute Gasteiger partial charge is 0.383 e. The highest BCUT2D eigenvalue weighted by Crippen LogP contribution is 2.28. The van der Waals surface area contributed by atoms with Gasteiger partial charge in [-0.05, 0) is 18.6 Å². The van der Waals surface area contributed by atoms with Gasteiger partial charge in [-0.25, -0.2) is 4.98 Å². The fourth-order valence-corrected chi connectivity index (χ4v) is 3.99. The Labute approximate surface area is 177 Å². The third-order valence-electron chi connectivity index (χ3n) is 5.75. The summed E-state index contributed by atoms with van der Waals surface area (Å²) in [4.78, 5) is 22.1. The summed E-state index contributed by atoms with van der Waals surface area (Å²) in [6.45, 7) is 6.24. The zero-order chi connectivity index (χ0) is 20.9. The highest BCUT2D eigenvalue weighted by atomic mass is 16.2. The smallest absolute Gasteiger partial charge is 0.229 e. The fourth-order valence-electron chi connectivity index (χ4n) is 3.99. The van der Waals surface area contributed by atoms with Crippen LogP contribution in [0.2, 0.25) is 0 Å². The Hall–Kier alpha value is -3.12. The third-order valence-corrected chi connectivity index (χ3v) is 5.75. The minimum atomic E-state index is -0.122. The number of amides is 1. The Kier molecular flexibility index (Phi) is 6.14. The first kappa shape index (κ1) is 20.2. The molecule has 0 radical (unpaired) electrons. The molecule has 3 N–H and O–H groups in total. The first-order valence-electron chi connectivity index (χ1n) is 10.6. The highest BCUT2D eigenvalue weighted by molar-refractivity contribution is 5.93. The summed E-state index contributed by atoms with van der Waals surface area (Å²) < 4.78 is 0. The lowest BCUT2D eigenvalue weighted by molar-refractivity contribution is -0.132. The maximum atomic E-state index is 13.0. The second kappa shape index (κ2) is 9.13. The van der Waals surface area contributed by atoms with E-state index in [2.05, 4.69) is 22.3 Å². The number of carbonyl (C=O) groups excluding carboxylic acids is 1. The van der Waals surface area contributed by atoms with Crippen LogP contribution in [0.1, 0.15) is 18.4 Å². The molecule has 156 valence electrons. The van der Waals surface area contributed by atoms with Gasteiger partial charge in [0.2, 0.25) is 5.91 Å². The molecule has 3 aromatic rings. The SMILES string of the molecule is CC(C(=O)N1CCN(c2cc(NCCN)c3ccccc3n2)CC1)c1ccccc1. The molecule has 30 heavy (non-hydrogen) atoms.